The van der Waals surface area contributed by atoms with Crippen LogP contribution in [0.3, 0.4) is 0 Å². The lowest BCUT2D eigenvalue weighted by Gasteiger charge is -2.32. The zero-order valence-corrected chi connectivity index (χ0v) is 11.5. The van der Waals surface area contributed by atoms with E-state index in [2.05, 4.69) is 12.2 Å². The quantitative estimate of drug-likeness (QED) is 0.732. The fourth-order valence-corrected chi connectivity index (χ4v) is 3.35. The Hall–Kier alpha value is -0.570. The monoisotopic (exact) mass is 253 g/mol. The number of rotatable bonds is 7. The van der Waals surface area contributed by atoms with Gasteiger partial charge >= 0.3 is 5.97 Å². The van der Waals surface area contributed by atoms with Crippen LogP contribution in [0.1, 0.15) is 64.7 Å². The van der Waals surface area contributed by atoms with Gasteiger partial charge in [0.1, 0.15) is 6.04 Å². The topological polar surface area (TPSA) is 49.3 Å². The molecule has 0 aliphatic heterocycles. The Balaban J connectivity index is 1.79. The Morgan fingerprint density at radius 2 is 2.06 bits per heavy atom. The maximum atomic E-state index is 11.2. The van der Waals surface area contributed by atoms with E-state index in [1.54, 1.807) is 0 Å². The van der Waals surface area contributed by atoms with Crippen molar-refractivity contribution in [3.8, 4) is 0 Å². The average Bonchev–Trinajstić information content (AvgIpc) is 3.18. The molecule has 0 amide bonds. The highest BCUT2D eigenvalue weighted by atomic mass is 16.4. The molecule has 2 fully saturated rings. The molecule has 3 atom stereocenters. The van der Waals surface area contributed by atoms with Gasteiger partial charge in [-0.3, -0.25) is 4.79 Å². The SMILES string of the molecule is CCCC[C@H](NC1CCCC(C2CC2)C1)C(=O)O. The van der Waals surface area contributed by atoms with Gasteiger partial charge in [0.2, 0.25) is 0 Å². The number of carbonyl (C=O) groups is 1. The first-order chi connectivity index (χ1) is 8.70. The first kappa shape index (κ1) is 13.9. The molecular weight excluding hydrogens is 226 g/mol. The standard InChI is InChI=1S/C15H27NO2/c1-2-3-7-14(15(17)18)16-13-6-4-5-12(10-13)11-8-9-11/h11-14,16H,2-10H2,1H3,(H,17,18)/t12?,13?,14-/m0/s1. The van der Waals surface area contributed by atoms with E-state index < -0.39 is 5.97 Å². The Kier molecular flexibility index (Phi) is 5.04. The highest BCUT2D eigenvalue weighted by Crippen LogP contribution is 2.43. The number of carboxylic acids is 1. The van der Waals surface area contributed by atoms with Crippen molar-refractivity contribution in [3.63, 3.8) is 0 Å². The molecule has 3 heteroatoms. The highest BCUT2D eigenvalue weighted by molar-refractivity contribution is 5.73. The van der Waals surface area contributed by atoms with Gasteiger partial charge in [0.05, 0.1) is 0 Å². The summed E-state index contributed by atoms with van der Waals surface area (Å²) >= 11 is 0. The van der Waals surface area contributed by atoms with Crippen molar-refractivity contribution in [2.75, 3.05) is 0 Å². The van der Waals surface area contributed by atoms with Crippen molar-refractivity contribution in [3.05, 3.63) is 0 Å². The summed E-state index contributed by atoms with van der Waals surface area (Å²) in [6.07, 6.45) is 10.7. The number of hydrogen-bond donors (Lipinski definition) is 2. The van der Waals surface area contributed by atoms with Crippen molar-refractivity contribution in [1.29, 1.82) is 0 Å². The second kappa shape index (κ2) is 6.55. The predicted octanol–water partition coefficient (Wildman–Crippen LogP) is 3.19. The van der Waals surface area contributed by atoms with Gasteiger partial charge in [-0.15, -0.1) is 0 Å². The van der Waals surface area contributed by atoms with Crippen molar-refractivity contribution in [1.82, 2.24) is 5.32 Å². The molecule has 2 aliphatic carbocycles. The van der Waals surface area contributed by atoms with Gasteiger partial charge in [0, 0.05) is 6.04 Å². The van der Waals surface area contributed by atoms with Gasteiger partial charge in [-0.25, -0.2) is 0 Å². The van der Waals surface area contributed by atoms with Crippen LogP contribution in [0, 0.1) is 11.8 Å². The summed E-state index contributed by atoms with van der Waals surface area (Å²) in [4.78, 5) is 11.2. The molecule has 2 N–H and O–H groups in total. The van der Waals surface area contributed by atoms with Gasteiger partial charge in [0.25, 0.3) is 0 Å². The summed E-state index contributed by atoms with van der Waals surface area (Å²) in [5.74, 6) is 1.17. The lowest BCUT2D eigenvalue weighted by molar-refractivity contribution is -0.140. The van der Waals surface area contributed by atoms with Gasteiger partial charge in [0.15, 0.2) is 0 Å². The van der Waals surface area contributed by atoms with E-state index in [1.165, 1.54) is 38.5 Å². The van der Waals surface area contributed by atoms with Crippen molar-refractivity contribution in [2.45, 2.75) is 76.8 Å². The van der Waals surface area contributed by atoms with E-state index in [4.69, 9.17) is 0 Å². The van der Waals surface area contributed by atoms with E-state index in [0.717, 1.165) is 31.1 Å². The van der Waals surface area contributed by atoms with Gasteiger partial charge in [-0.05, 0) is 43.9 Å². The van der Waals surface area contributed by atoms with Crippen LogP contribution in [0.5, 0.6) is 0 Å². The van der Waals surface area contributed by atoms with Crippen molar-refractivity contribution < 1.29 is 9.90 Å². The minimum Gasteiger partial charge on any atom is -0.480 e. The molecule has 0 aromatic heterocycles. The maximum absolute atomic E-state index is 11.2. The zero-order chi connectivity index (χ0) is 13.0. The van der Waals surface area contributed by atoms with Crippen LogP contribution in [0.25, 0.3) is 0 Å². The highest BCUT2D eigenvalue weighted by Gasteiger charge is 2.35. The molecule has 0 aromatic rings. The molecule has 2 aliphatic rings. The lowest BCUT2D eigenvalue weighted by Crippen LogP contribution is -2.45. The molecule has 0 radical (unpaired) electrons. The van der Waals surface area contributed by atoms with Crippen molar-refractivity contribution >= 4 is 5.97 Å². The fraction of sp³-hybridized carbons (Fsp3) is 0.933. The summed E-state index contributed by atoms with van der Waals surface area (Å²) in [7, 11) is 0. The number of unbranched alkanes of at least 4 members (excludes halogenated alkanes) is 1. The lowest BCUT2D eigenvalue weighted by atomic mass is 9.82. The molecule has 0 heterocycles. The Labute approximate surface area is 110 Å². The smallest absolute Gasteiger partial charge is 0.320 e. The van der Waals surface area contributed by atoms with Crippen LogP contribution in [-0.4, -0.2) is 23.2 Å². The molecule has 2 unspecified atom stereocenters. The molecule has 0 saturated heterocycles. The zero-order valence-electron chi connectivity index (χ0n) is 11.5. The molecule has 3 nitrogen and oxygen atoms in total. The molecule has 0 aromatic carbocycles. The van der Waals surface area contributed by atoms with E-state index >= 15 is 0 Å². The Morgan fingerprint density at radius 1 is 1.28 bits per heavy atom. The molecule has 18 heavy (non-hydrogen) atoms. The third-order valence-electron chi connectivity index (χ3n) is 4.58. The second-order valence-electron chi connectivity index (χ2n) is 6.16. The van der Waals surface area contributed by atoms with E-state index in [-0.39, 0.29) is 6.04 Å². The summed E-state index contributed by atoms with van der Waals surface area (Å²) in [6.45, 7) is 2.11. The molecule has 104 valence electrons. The first-order valence-electron chi connectivity index (χ1n) is 7.69. The van der Waals surface area contributed by atoms with Crippen LogP contribution in [0.4, 0.5) is 0 Å². The minimum atomic E-state index is -0.669. The Morgan fingerprint density at radius 3 is 2.67 bits per heavy atom. The number of nitrogens with one attached hydrogen (secondary N) is 1. The summed E-state index contributed by atoms with van der Waals surface area (Å²) < 4.78 is 0. The number of aliphatic carboxylic acids is 1. The first-order valence-corrected chi connectivity index (χ1v) is 7.69. The van der Waals surface area contributed by atoms with Crippen LogP contribution in [0.15, 0.2) is 0 Å². The van der Waals surface area contributed by atoms with Crippen LogP contribution in [-0.2, 0) is 4.79 Å². The van der Waals surface area contributed by atoms with Crippen LogP contribution in [0.2, 0.25) is 0 Å². The number of carboxylic acid groups (broad SMARTS) is 1. The molecular formula is C15H27NO2. The normalized spacial score (nSPS) is 30.1. The van der Waals surface area contributed by atoms with E-state index in [1.807, 2.05) is 0 Å². The third-order valence-corrected chi connectivity index (χ3v) is 4.58. The van der Waals surface area contributed by atoms with Gasteiger partial charge < -0.3 is 10.4 Å². The molecule has 0 bridgehead atoms. The van der Waals surface area contributed by atoms with Crippen molar-refractivity contribution in [2.24, 2.45) is 11.8 Å². The Bertz CT molecular complexity index is 276. The summed E-state index contributed by atoms with van der Waals surface area (Å²) in [5, 5.41) is 12.7. The maximum Gasteiger partial charge on any atom is 0.320 e. The largest absolute Gasteiger partial charge is 0.480 e. The van der Waals surface area contributed by atoms with E-state index in [0.29, 0.717) is 6.04 Å². The van der Waals surface area contributed by atoms with Gasteiger partial charge in [-0.1, -0.05) is 32.6 Å². The second-order valence-corrected chi connectivity index (χ2v) is 6.16. The fourth-order valence-electron chi connectivity index (χ4n) is 3.35. The number of hydrogen-bond acceptors (Lipinski definition) is 2. The van der Waals surface area contributed by atoms with Crippen LogP contribution >= 0.6 is 0 Å². The van der Waals surface area contributed by atoms with E-state index in [9.17, 15) is 9.90 Å². The molecule has 2 saturated carbocycles. The summed E-state index contributed by atoms with van der Waals surface area (Å²) in [6, 6.07) is 0.121. The molecule has 2 rings (SSSR count). The third kappa shape index (κ3) is 3.98. The predicted molar refractivity (Wildman–Crippen MR) is 72.6 cm³/mol. The summed E-state index contributed by atoms with van der Waals surface area (Å²) in [5.41, 5.74) is 0. The average molecular weight is 253 g/mol. The van der Waals surface area contributed by atoms with Gasteiger partial charge in [-0.2, -0.15) is 0 Å². The minimum absolute atomic E-state index is 0.326. The molecule has 0 spiro atoms. The van der Waals surface area contributed by atoms with Crippen LogP contribution < -0.4 is 5.32 Å².